The van der Waals surface area contributed by atoms with Crippen molar-refractivity contribution in [3.05, 3.63) is 228 Å². The molecular formula is C53H41N5. The normalized spacial score (nSPS) is 17.2. The summed E-state index contributed by atoms with van der Waals surface area (Å²) in [7, 11) is 0. The highest BCUT2D eigenvalue weighted by Gasteiger charge is 2.34. The van der Waals surface area contributed by atoms with E-state index in [-0.39, 0.29) is 12.3 Å². The summed E-state index contributed by atoms with van der Waals surface area (Å²) in [6.07, 6.45) is 6.33. The molecule has 0 spiro atoms. The molecule has 0 radical (unpaired) electrons. The van der Waals surface area contributed by atoms with Crippen LogP contribution in [0.4, 0.5) is 11.5 Å². The molecule has 3 aliphatic rings. The van der Waals surface area contributed by atoms with E-state index in [1.54, 1.807) is 0 Å². The van der Waals surface area contributed by atoms with Gasteiger partial charge in [0.1, 0.15) is 24.0 Å². The lowest BCUT2D eigenvalue weighted by atomic mass is 9.90. The average Bonchev–Trinajstić information content (AvgIpc) is 3.58. The highest BCUT2D eigenvalue weighted by molar-refractivity contribution is 6.10. The zero-order valence-corrected chi connectivity index (χ0v) is 32.0. The zero-order chi connectivity index (χ0) is 38.4. The fourth-order valence-corrected chi connectivity index (χ4v) is 9.02. The maximum Gasteiger partial charge on any atom is 0.131 e. The molecule has 0 fully saturated rings. The quantitative estimate of drug-likeness (QED) is 0.178. The van der Waals surface area contributed by atoms with E-state index in [0.717, 1.165) is 63.7 Å². The van der Waals surface area contributed by atoms with E-state index in [1.807, 2.05) is 6.07 Å². The van der Waals surface area contributed by atoms with Gasteiger partial charge in [-0.2, -0.15) is 0 Å². The molecule has 7 aromatic carbocycles. The van der Waals surface area contributed by atoms with Crippen molar-refractivity contribution >= 4 is 33.8 Å². The molecule has 2 aliphatic heterocycles. The number of aliphatic imine (C=N–C) groups is 1. The number of rotatable bonds is 6. The van der Waals surface area contributed by atoms with Crippen LogP contribution in [0.2, 0.25) is 0 Å². The highest BCUT2D eigenvalue weighted by atomic mass is 15.3. The molecule has 11 rings (SSSR count). The number of anilines is 2. The second-order valence-electron chi connectivity index (χ2n) is 15.1. The standard InChI is InChI=1S/C53H41N5/c1-4-18-36(19-5-1)50-54-51(37-20-6-2-7-21-37)56-52(55-50)40-24-16-22-38(34-40)39-23-17-27-42(35-39)58-47-32-14-12-29-44(47)43-28-10-11-30-45(43)49-46-31-13-15-33-48(46)57(53(49)58)41-25-8-3-9-26-41/h1-11,13-28,30-35,50,52,55H,12,29H2,(H,54,56). The Bertz CT molecular complexity index is 2900. The van der Waals surface area contributed by atoms with Gasteiger partial charge < -0.3 is 5.32 Å². The molecule has 0 saturated heterocycles. The Balaban J connectivity index is 1.06. The van der Waals surface area contributed by atoms with Crippen LogP contribution in [0.25, 0.3) is 44.4 Å². The van der Waals surface area contributed by atoms with E-state index >= 15 is 0 Å². The molecule has 58 heavy (non-hydrogen) atoms. The lowest BCUT2D eigenvalue weighted by Gasteiger charge is -2.32. The first kappa shape index (κ1) is 34.1. The van der Waals surface area contributed by atoms with Crippen LogP contribution in [0.5, 0.6) is 0 Å². The SMILES string of the molecule is C1=CC2=C(CC1)c1ccccc1-c1c(n(-c3ccccc3)c3ccccc13)N2c1cccc(-c2cccc(C3NC(c4ccccc4)=NC(c4ccccc4)N3)c2)c1. The Kier molecular flexibility index (Phi) is 8.45. The molecule has 2 N–H and O–H groups in total. The van der Waals surface area contributed by atoms with Gasteiger partial charge in [-0.1, -0.05) is 158 Å². The summed E-state index contributed by atoms with van der Waals surface area (Å²) in [5.41, 5.74) is 15.5. The summed E-state index contributed by atoms with van der Waals surface area (Å²) in [4.78, 5) is 7.66. The molecule has 5 heteroatoms. The van der Waals surface area contributed by atoms with E-state index < -0.39 is 0 Å². The molecule has 3 heterocycles. The molecule has 2 unspecified atom stereocenters. The first-order valence-corrected chi connectivity index (χ1v) is 20.2. The summed E-state index contributed by atoms with van der Waals surface area (Å²) < 4.78 is 2.46. The number of allylic oxidation sites excluding steroid dienone is 3. The Labute approximate surface area is 339 Å². The van der Waals surface area contributed by atoms with Crippen LogP contribution in [0.1, 0.15) is 47.4 Å². The number of benzene rings is 7. The summed E-state index contributed by atoms with van der Waals surface area (Å²) in [6.45, 7) is 0. The van der Waals surface area contributed by atoms with Crippen molar-refractivity contribution in [3.63, 3.8) is 0 Å². The fourth-order valence-electron chi connectivity index (χ4n) is 9.02. The number of hydrogen-bond donors (Lipinski definition) is 2. The summed E-state index contributed by atoms with van der Waals surface area (Å²) in [5.74, 6) is 2.03. The minimum absolute atomic E-state index is 0.158. The number of aromatic nitrogens is 1. The topological polar surface area (TPSA) is 44.6 Å². The van der Waals surface area contributed by atoms with Crippen LogP contribution < -0.4 is 15.5 Å². The van der Waals surface area contributed by atoms with Gasteiger partial charge in [0.2, 0.25) is 0 Å². The van der Waals surface area contributed by atoms with Crippen molar-refractivity contribution in [1.29, 1.82) is 0 Å². The van der Waals surface area contributed by atoms with E-state index in [4.69, 9.17) is 4.99 Å². The predicted molar refractivity (Wildman–Crippen MR) is 239 cm³/mol. The van der Waals surface area contributed by atoms with Crippen molar-refractivity contribution in [2.75, 3.05) is 4.90 Å². The van der Waals surface area contributed by atoms with Gasteiger partial charge in [0.15, 0.2) is 0 Å². The number of nitrogens with zero attached hydrogens (tertiary/aromatic N) is 3. The molecule has 0 saturated carbocycles. The minimum atomic E-state index is -0.196. The average molecular weight is 748 g/mol. The largest absolute Gasteiger partial charge is 0.350 e. The maximum atomic E-state index is 5.14. The van der Waals surface area contributed by atoms with Crippen molar-refractivity contribution in [2.45, 2.75) is 25.2 Å². The van der Waals surface area contributed by atoms with Crippen LogP contribution in [-0.4, -0.2) is 10.4 Å². The third-order valence-corrected chi connectivity index (χ3v) is 11.7. The molecule has 278 valence electrons. The Morgan fingerprint density at radius 1 is 0.552 bits per heavy atom. The van der Waals surface area contributed by atoms with E-state index in [0.29, 0.717) is 0 Å². The third-order valence-electron chi connectivity index (χ3n) is 11.7. The van der Waals surface area contributed by atoms with Gasteiger partial charge in [-0.3, -0.25) is 14.8 Å². The monoisotopic (exact) mass is 747 g/mol. The van der Waals surface area contributed by atoms with Gasteiger partial charge in [0.05, 0.1) is 11.2 Å². The number of para-hydroxylation sites is 2. The fraction of sp³-hybridized carbons (Fsp3) is 0.0755. The minimum Gasteiger partial charge on any atom is -0.350 e. The van der Waals surface area contributed by atoms with E-state index in [2.05, 4.69) is 214 Å². The third kappa shape index (κ3) is 5.87. The molecular weight excluding hydrogens is 707 g/mol. The molecule has 1 aliphatic carbocycles. The highest BCUT2D eigenvalue weighted by Crippen LogP contribution is 2.53. The molecule has 8 aromatic rings. The van der Waals surface area contributed by atoms with Gasteiger partial charge in [-0.25, -0.2) is 4.99 Å². The Morgan fingerprint density at radius 2 is 1.19 bits per heavy atom. The summed E-state index contributed by atoms with van der Waals surface area (Å²) in [6, 6.07) is 67.6. The number of fused-ring (bicyclic) bond motifs is 6. The van der Waals surface area contributed by atoms with Crippen molar-refractivity contribution in [3.8, 4) is 27.9 Å². The maximum absolute atomic E-state index is 5.14. The Morgan fingerprint density at radius 3 is 2.02 bits per heavy atom. The molecule has 2 atom stereocenters. The molecule has 0 bridgehead atoms. The smallest absolute Gasteiger partial charge is 0.131 e. The van der Waals surface area contributed by atoms with Crippen LogP contribution in [0.15, 0.2) is 211 Å². The van der Waals surface area contributed by atoms with Gasteiger partial charge in [0.25, 0.3) is 0 Å². The van der Waals surface area contributed by atoms with Gasteiger partial charge in [0, 0.05) is 27.9 Å². The molecule has 5 nitrogen and oxygen atoms in total. The number of hydrogen-bond acceptors (Lipinski definition) is 4. The first-order chi connectivity index (χ1) is 28.8. The van der Waals surface area contributed by atoms with Crippen LogP contribution in [0, 0.1) is 0 Å². The van der Waals surface area contributed by atoms with Crippen LogP contribution >= 0.6 is 0 Å². The van der Waals surface area contributed by atoms with Crippen molar-refractivity contribution < 1.29 is 0 Å². The van der Waals surface area contributed by atoms with Gasteiger partial charge in [-0.15, -0.1) is 0 Å². The summed E-state index contributed by atoms with van der Waals surface area (Å²) >= 11 is 0. The number of amidine groups is 1. The molecule has 0 amide bonds. The molecule has 1 aromatic heterocycles. The first-order valence-electron chi connectivity index (χ1n) is 20.2. The van der Waals surface area contributed by atoms with Crippen LogP contribution in [-0.2, 0) is 0 Å². The lowest BCUT2D eigenvalue weighted by molar-refractivity contribution is 0.409. The second-order valence-corrected chi connectivity index (χ2v) is 15.1. The van der Waals surface area contributed by atoms with Crippen LogP contribution in [0.3, 0.4) is 0 Å². The van der Waals surface area contributed by atoms with Crippen molar-refractivity contribution in [2.24, 2.45) is 4.99 Å². The van der Waals surface area contributed by atoms with E-state index in [9.17, 15) is 0 Å². The number of nitrogens with one attached hydrogen (secondary N) is 2. The lowest BCUT2D eigenvalue weighted by Crippen LogP contribution is -2.44. The van der Waals surface area contributed by atoms with E-state index in [1.165, 1.54) is 38.9 Å². The van der Waals surface area contributed by atoms with Gasteiger partial charge in [-0.05, 0) is 94.3 Å². The Hall–Kier alpha value is -7.21. The predicted octanol–water partition coefficient (Wildman–Crippen LogP) is 12.5. The van der Waals surface area contributed by atoms with Gasteiger partial charge >= 0.3 is 0 Å². The van der Waals surface area contributed by atoms with Crippen molar-refractivity contribution in [1.82, 2.24) is 15.2 Å². The zero-order valence-electron chi connectivity index (χ0n) is 32.0. The second kappa shape index (κ2) is 14.4. The summed E-state index contributed by atoms with van der Waals surface area (Å²) in [5, 5.41) is 8.77.